The van der Waals surface area contributed by atoms with E-state index in [-0.39, 0.29) is 0 Å². The van der Waals surface area contributed by atoms with E-state index in [9.17, 15) is 0 Å². The van der Waals surface area contributed by atoms with Crippen LogP contribution >= 0.6 is 0 Å². The van der Waals surface area contributed by atoms with Crippen molar-refractivity contribution in [2.75, 3.05) is 26.1 Å². The van der Waals surface area contributed by atoms with E-state index in [1.54, 1.807) is 25.6 Å². The monoisotopic (exact) mass is 288 g/mol. The van der Waals surface area contributed by atoms with Gasteiger partial charge in [0.05, 0.1) is 6.61 Å². The third kappa shape index (κ3) is 5.00. The summed E-state index contributed by atoms with van der Waals surface area (Å²) in [5, 5.41) is 2.99. The minimum Gasteiger partial charge on any atom is -0.478 e. The van der Waals surface area contributed by atoms with Crippen LogP contribution in [0.4, 0.5) is 5.82 Å². The molecule has 6 nitrogen and oxygen atoms in total. The lowest BCUT2D eigenvalue weighted by atomic mass is 10.1. The van der Waals surface area contributed by atoms with E-state index in [1.807, 2.05) is 19.2 Å². The Morgan fingerprint density at radius 2 is 2.00 bits per heavy atom. The molecule has 0 aliphatic carbocycles. The van der Waals surface area contributed by atoms with Crippen LogP contribution in [0.15, 0.2) is 30.6 Å². The average molecular weight is 288 g/mol. The fourth-order valence-electron chi connectivity index (χ4n) is 1.87. The summed E-state index contributed by atoms with van der Waals surface area (Å²) in [6, 6.07) is 5.81. The molecule has 1 N–H and O–H groups in total. The molecule has 0 amide bonds. The molecular formula is C15H20N4O2. The third-order valence-corrected chi connectivity index (χ3v) is 2.89. The zero-order chi connectivity index (χ0) is 14.9. The number of hydrogen-bond donors (Lipinski definition) is 1. The molecule has 0 aliphatic heterocycles. The Hall–Kier alpha value is -2.21. The highest BCUT2D eigenvalue weighted by Crippen LogP contribution is 2.14. The largest absolute Gasteiger partial charge is 0.478 e. The molecule has 0 unspecified atom stereocenters. The van der Waals surface area contributed by atoms with Gasteiger partial charge in [-0.15, -0.1) is 0 Å². The van der Waals surface area contributed by atoms with Gasteiger partial charge in [-0.25, -0.2) is 4.98 Å². The summed E-state index contributed by atoms with van der Waals surface area (Å²) in [4.78, 5) is 12.6. The first-order valence-corrected chi connectivity index (χ1v) is 6.88. The lowest BCUT2D eigenvalue weighted by Crippen LogP contribution is -2.06. The zero-order valence-electron chi connectivity index (χ0n) is 12.4. The molecule has 0 aliphatic rings. The summed E-state index contributed by atoms with van der Waals surface area (Å²) >= 11 is 0. The molecule has 0 fully saturated rings. The van der Waals surface area contributed by atoms with Gasteiger partial charge in [-0.2, -0.15) is 4.98 Å². The average Bonchev–Trinajstić information content (AvgIpc) is 2.53. The van der Waals surface area contributed by atoms with Crippen molar-refractivity contribution in [3.05, 3.63) is 42.0 Å². The number of nitrogens with zero attached hydrogens (tertiary/aromatic N) is 3. The van der Waals surface area contributed by atoms with Gasteiger partial charge in [-0.05, 0) is 30.5 Å². The second-order valence-electron chi connectivity index (χ2n) is 4.50. The Balaban J connectivity index is 1.86. The summed E-state index contributed by atoms with van der Waals surface area (Å²) < 4.78 is 10.7. The Labute approximate surface area is 124 Å². The van der Waals surface area contributed by atoms with Crippen molar-refractivity contribution in [2.45, 2.75) is 19.4 Å². The standard InChI is InChI=1S/C15H20N4O2/c1-16-13-10-15(19-14(18-13)11-20-2)21-9-3-4-12-5-7-17-8-6-12/h5-8,10H,3-4,9,11H2,1-2H3,(H,16,18,19). The molecule has 2 heterocycles. The number of aromatic nitrogens is 3. The van der Waals surface area contributed by atoms with Crippen molar-refractivity contribution in [3.63, 3.8) is 0 Å². The predicted octanol–water partition coefficient (Wildman–Crippen LogP) is 2.07. The molecule has 2 rings (SSSR count). The van der Waals surface area contributed by atoms with Crippen molar-refractivity contribution in [1.82, 2.24) is 15.0 Å². The molecule has 0 aromatic carbocycles. The fraction of sp³-hybridized carbons (Fsp3) is 0.400. The molecular weight excluding hydrogens is 268 g/mol. The maximum atomic E-state index is 5.69. The number of aryl methyl sites for hydroxylation is 1. The van der Waals surface area contributed by atoms with E-state index in [4.69, 9.17) is 9.47 Å². The van der Waals surface area contributed by atoms with Gasteiger partial charge in [0.1, 0.15) is 12.4 Å². The Kier molecular flexibility index (Phi) is 5.90. The van der Waals surface area contributed by atoms with Crippen molar-refractivity contribution in [3.8, 4) is 5.88 Å². The quantitative estimate of drug-likeness (QED) is 0.750. The van der Waals surface area contributed by atoms with Crippen LogP contribution in [0.5, 0.6) is 5.88 Å². The minimum absolute atomic E-state index is 0.364. The van der Waals surface area contributed by atoms with Gasteiger partial charge in [0.25, 0.3) is 0 Å². The number of rotatable bonds is 8. The van der Waals surface area contributed by atoms with Crippen molar-refractivity contribution in [1.29, 1.82) is 0 Å². The number of anilines is 1. The summed E-state index contributed by atoms with van der Waals surface area (Å²) in [6.07, 6.45) is 5.48. The van der Waals surface area contributed by atoms with Crippen LogP contribution in [-0.4, -0.2) is 35.7 Å². The molecule has 0 saturated carbocycles. The molecule has 6 heteroatoms. The van der Waals surface area contributed by atoms with E-state index < -0.39 is 0 Å². The van der Waals surface area contributed by atoms with Crippen molar-refractivity contribution < 1.29 is 9.47 Å². The van der Waals surface area contributed by atoms with Crippen LogP contribution in [0, 0.1) is 0 Å². The van der Waals surface area contributed by atoms with Crippen LogP contribution < -0.4 is 10.1 Å². The molecule has 0 radical (unpaired) electrons. The smallest absolute Gasteiger partial charge is 0.218 e. The number of ether oxygens (including phenoxy) is 2. The van der Waals surface area contributed by atoms with Crippen molar-refractivity contribution >= 4 is 5.82 Å². The molecule has 0 atom stereocenters. The summed E-state index contributed by atoms with van der Waals surface area (Å²) in [5.74, 6) is 1.89. The molecule has 21 heavy (non-hydrogen) atoms. The lowest BCUT2D eigenvalue weighted by Gasteiger charge is -2.09. The normalized spacial score (nSPS) is 10.4. The predicted molar refractivity (Wildman–Crippen MR) is 80.3 cm³/mol. The SMILES string of the molecule is CNc1cc(OCCCc2ccncc2)nc(COC)n1. The maximum Gasteiger partial charge on any atom is 0.218 e. The van der Waals surface area contributed by atoms with Gasteiger partial charge in [-0.3, -0.25) is 4.98 Å². The van der Waals surface area contributed by atoms with Crippen LogP contribution in [0.1, 0.15) is 17.8 Å². The third-order valence-electron chi connectivity index (χ3n) is 2.89. The molecule has 2 aromatic rings. The second-order valence-corrected chi connectivity index (χ2v) is 4.50. The van der Waals surface area contributed by atoms with Gasteiger partial charge in [0.2, 0.25) is 5.88 Å². The van der Waals surface area contributed by atoms with E-state index in [0.29, 0.717) is 24.9 Å². The van der Waals surface area contributed by atoms with Gasteiger partial charge in [0, 0.05) is 32.6 Å². The van der Waals surface area contributed by atoms with Gasteiger partial charge in [0.15, 0.2) is 5.82 Å². The second kappa shape index (κ2) is 8.16. The van der Waals surface area contributed by atoms with Crippen LogP contribution in [0.25, 0.3) is 0 Å². The van der Waals surface area contributed by atoms with Crippen LogP contribution in [0.2, 0.25) is 0 Å². The number of pyridine rings is 1. The Bertz CT molecular complexity index is 549. The number of methoxy groups -OCH3 is 1. The number of hydrogen-bond acceptors (Lipinski definition) is 6. The minimum atomic E-state index is 0.364. The maximum absolute atomic E-state index is 5.69. The molecule has 0 bridgehead atoms. The highest BCUT2D eigenvalue weighted by molar-refractivity contribution is 5.37. The highest BCUT2D eigenvalue weighted by atomic mass is 16.5. The lowest BCUT2D eigenvalue weighted by molar-refractivity contribution is 0.176. The number of nitrogens with one attached hydrogen (secondary N) is 1. The van der Waals surface area contributed by atoms with Gasteiger partial charge >= 0.3 is 0 Å². The summed E-state index contributed by atoms with van der Waals surface area (Å²) in [7, 11) is 3.43. The first-order valence-electron chi connectivity index (χ1n) is 6.88. The van der Waals surface area contributed by atoms with Gasteiger partial charge < -0.3 is 14.8 Å². The topological polar surface area (TPSA) is 69.2 Å². The zero-order valence-corrected chi connectivity index (χ0v) is 12.4. The van der Waals surface area contributed by atoms with E-state index >= 15 is 0 Å². The van der Waals surface area contributed by atoms with E-state index in [0.717, 1.165) is 18.7 Å². The summed E-state index contributed by atoms with van der Waals surface area (Å²) in [5.41, 5.74) is 1.26. The first kappa shape index (κ1) is 15.2. The van der Waals surface area contributed by atoms with Crippen LogP contribution in [0.3, 0.4) is 0 Å². The highest BCUT2D eigenvalue weighted by Gasteiger charge is 2.04. The first-order chi connectivity index (χ1) is 10.3. The molecule has 0 spiro atoms. The fourth-order valence-corrected chi connectivity index (χ4v) is 1.87. The van der Waals surface area contributed by atoms with Crippen LogP contribution in [-0.2, 0) is 17.8 Å². The Morgan fingerprint density at radius 3 is 2.71 bits per heavy atom. The molecule has 0 saturated heterocycles. The summed E-state index contributed by atoms with van der Waals surface area (Å²) in [6.45, 7) is 0.970. The van der Waals surface area contributed by atoms with Gasteiger partial charge in [-0.1, -0.05) is 0 Å². The van der Waals surface area contributed by atoms with E-state index in [1.165, 1.54) is 5.56 Å². The Morgan fingerprint density at radius 1 is 1.19 bits per heavy atom. The van der Waals surface area contributed by atoms with E-state index in [2.05, 4.69) is 20.3 Å². The van der Waals surface area contributed by atoms with Crippen molar-refractivity contribution in [2.24, 2.45) is 0 Å². The molecule has 2 aromatic heterocycles. The molecule has 112 valence electrons.